The number of carbonyl (C=O) groups is 2. The van der Waals surface area contributed by atoms with Gasteiger partial charge in [-0.1, -0.05) is 34.1 Å². The molecule has 0 radical (unpaired) electrons. The molecule has 1 atom stereocenters. The molecule has 1 aliphatic rings. The summed E-state index contributed by atoms with van der Waals surface area (Å²) in [5.74, 6) is -1.85. The molecule has 1 fully saturated rings. The van der Waals surface area contributed by atoms with Gasteiger partial charge in [0.15, 0.2) is 11.5 Å². The van der Waals surface area contributed by atoms with E-state index in [-0.39, 0.29) is 36.0 Å². The number of aromatic hydroxyl groups is 1. The van der Waals surface area contributed by atoms with Crippen molar-refractivity contribution in [1.82, 2.24) is 4.90 Å². The van der Waals surface area contributed by atoms with Crippen LogP contribution < -0.4 is 4.74 Å². The van der Waals surface area contributed by atoms with Crippen LogP contribution >= 0.6 is 15.9 Å². The summed E-state index contributed by atoms with van der Waals surface area (Å²) in [6.45, 7) is 1.64. The molecule has 1 heterocycles. The second-order valence-corrected chi connectivity index (χ2v) is 7.30. The van der Waals surface area contributed by atoms with Gasteiger partial charge in [-0.3, -0.25) is 9.59 Å². The summed E-state index contributed by atoms with van der Waals surface area (Å²) < 4.78 is 6.21. The Balaban J connectivity index is 2.19. The van der Waals surface area contributed by atoms with E-state index in [2.05, 4.69) is 15.9 Å². The van der Waals surface area contributed by atoms with Crippen LogP contribution in [-0.2, 0) is 9.59 Å². The number of likely N-dealkylation sites (tertiary alicyclic amines) is 1. The molecule has 1 unspecified atom stereocenters. The van der Waals surface area contributed by atoms with E-state index in [9.17, 15) is 24.9 Å². The van der Waals surface area contributed by atoms with Gasteiger partial charge in [0, 0.05) is 16.6 Å². The summed E-state index contributed by atoms with van der Waals surface area (Å²) >= 11 is 3.32. The van der Waals surface area contributed by atoms with Crippen LogP contribution in [0.4, 0.5) is 0 Å². The Morgan fingerprint density at radius 1 is 1.17 bits per heavy atom. The van der Waals surface area contributed by atoms with Crippen LogP contribution in [0, 0.1) is 0 Å². The molecule has 0 spiro atoms. The van der Waals surface area contributed by atoms with Gasteiger partial charge < -0.3 is 25.0 Å². The first-order valence-corrected chi connectivity index (χ1v) is 9.79. The molecule has 152 valence electrons. The number of benzene rings is 2. The Morgan fingerprint density at radius 2 is 1.86 bits per heavy atom. The molecule has 0 bridgehead atoms. The second-order valence-electron chi connectivity index (χ2n) is 6.38. The molecular formula is C21H20BrNO6. The van der Waals surface area contributed by atoms with Crippen LogP contribution in [0.15, 0.2) is 52.5 Å². The lowest BCUT2D eigenvalue weighted by molar-refractivity contribution is -0.140. The zero-order valence-electron chi connectivity index (χ0n) is 15.6. The Kier molecular flexibility index (Phi) is 6.24. The normalized spacial score (nSPS) is 18.3. The highest BCUT2D eigenvalue weighted by Gasteiger charge is 2.46. The lowest BCUT2D eigenvalue weighted by Gasteiger charge is -2.25. The number of ketones is 1. The molecule has 3 N–H and O–H groups in total. The Labute approximate surface area is 176 Å². The highest BCUT2D eigenvalue weighted by Crippen LogP contribution is 2.41. The zero-order valence-corrected chi connectivity index (χ0v) is 17.2. The SMILES string of the molecule is CCOc1cc(C2/C(=C(/O)c3ccc(Br)cc3)C(=O)C(=O)N2CCO)ccc1O. The molecule has 3 rings (SSSR count). The lowest BCUT2D eigenvalue weighted by Crippen LogP contribution is -2.32. The average molecular weight is 462 g/mol. The van der Waals surface area contributed by atoms with Crippen LogP contribution in [0.5, 0.6) is 11.5 Å². The standard InChI is InChI=1S/C21H20BrNO6/c1-2-29-16-11-13(5-8-15(16)25)18-17(20(27)21(28)23(18)9-10-24)19(26)12-3-6-14(22)7-4-12/h3-8,11,18,24-26H,2,9-10H2,1H3/b19-17-. The minimum absolute atomic E-state index is 0.0809. The van der Waals surface area contributed by atoms with Crippen LogP contribution in [0.2, 0.25) is 0 Å². The largest absolute Gasteiger partial charge is 0.507 e. The van der Waals surface area contributed by atoms with E-state index in [1.807, 2.05) is 0 Å². The Hall–Kier alpha value is -2.84. The third-order valence-corrected chi connectivity index (χ3v) is 5.13. The average Bonchev–Trinajstić information content (AvgIpc) is 2.95. The molecule has 8 heteroatoms. The molecule has 1 amide bonds. The van der Waals surface area contributed by atoms with Gasteiger partial charge in [-0.25, -0.2) is 0 Å². The Bertz CT molecular complexity index is 970. The number of aliphatic hydroxyl groups is 2. The first-order chi connectivity index (χ1) is 13.9. The minimum atomic E-state index is -0.925. The molecule has 0 saturated carbocycles. The van der Waals surface area contributed by atoms with E-state index >= 15 is 0 Å². The molecule has 0 aromatic heterocycles. The van der Waals surface area contributed by atoms with Crippen molar-refractivity contribution in [2.75, 3.05) is 19.8 Å². The number of β-amino-alcohol motifs (C(OH)–C–C–N with tert-alkyl or cyclic N) is 1. The zero-order chi connectivity index (χ0) is 21.1. The number of aliphatic hydroxyl groups excluding tert-OH is 2. The van der Waals surface area contributed by atoms with Crippen LogP contribution in [0.1, 0.15) is 24.1 Å². The van der Waals surface area contributed by atoms with Gasteiger partial charge in [-0.05, 0) is 36.8 Å². The maximum atomic E-state index is 12.8. The van der Waals surface area contributed by atoms with Crippen molar-refractivity contribution in [1.29, 1.82) is 0 Å². The number of phenolic OH excluding ortho intramolecular Hbond substituents is 1. The van der Waals surface area contributed by atoms with Gasteiger partial charge in [0.2, 0.25) is 0 Å². The molecule has 2 aromatic rings. The van der Waals surface area contributed by atoms with Crippen molar-refractivity contribution in [2.45, 2.75) is 13.0 Å². The first kappa shape index (κ1) is 20.9. The van der Waals surface area contributed by atoms with E-state index in [4.69, 9.17) is 4.74 Å². The number of rotatable bonds is 6. The van der Waals surface area contributed by atoms with Gasteiger partial charge in [-0.15, -0.1) is 0 Å². The third-order valence-electron chi connectivity index (χ3n) is 4.60. The number of carbonyl (C=O) groups excluding carboxylic acids is 2. The number of nitrogens with zero attached hydrogens (tertiary/aromatic N) is 1. The number of amides is 1. The first-order valence-electron chi connectivity index (χ1n) is 9.00. The molecule has 7 nitrogen and oxygen atoms in total. The van der Waals surface area contributed by atoms with Crippen molar-refractivity contribution in [3.05, 3.63) is 63.6 Å². The second kappa shape index (κ2) is 8.67. The van der Waals surface area contributed by atoms with E-state index in [0.29, 0.717) is 17.7 Å². The summed E-state index contributed by atoms with van der Waals surface area (Å²) in [7, 11) is 0. The topological polar surface area (TPSA) is 107 Å². The highest BCUT2D eigenvalue weighted by atomic mass is 79.9. The lowest BCUT2D eigenvalue weighted by atomic mass is 9.95. The summed E-state index contributed by atoms with van der Waals surface area (Å²) in [6.07, 6.45) is 0. The van der Waals surface area contributed by atoms with Crippen LogP contribution in [0.3, 0.4) is 0 Å². The number of phenols is 1. The van der Waals surface area contributed by atoms with Gasteiger partial charge in [0.25, 0.3) is 11.7 Å². The number of hydrogen-bond acceptors (Lipinski definition) is 6. The molecular weight excluding hydrogens is 442 g/mol. The predicted octanol–water partition coefficient (Wildman–Crippen LogP) is 2.97. The number of hydrogen-bond donors (Lipinski definition) is 3. The van der Waals surface area contributed by atoms with Crippen molar-refractivity contribution in [2.24, 2.45) is 0 Å². The number of Topliss-reactive ketones (excluding diaryl/α,β-unsaturated/α-hetero) is 1. The van der Waals surface area contributed by atoms with Crippen molar-refractivity contribution >= 4 is 33.4 Å². The van der Waals surface area contributed by atoms with Crippen LogP contribution in [0.25, 0.3) is 5.76 Å². The van der Waals surface area contributed by atoms with Crippen LogP contribution in [-0.4, -0.2) is 51.7 Å². The van der Waals surface area contributed by atoms with Crippen molar-refractivity contribution < 1.29 is 29.6 Å². The summed E-state index contributed by atoms with van der Waals surface area (Å²) in [4.78, 5) is 26.5. The van der Waals surface area contributed by atoms with E-state index < -0.39 is 17.7 Å². The molecule has 29 heavy (non-hydrogen) atoms. The van der Waals surface area contributed by atoms with Crippen molar-refractivity contribution in [3.8, 4) is 11.5 Å². The summed E-state index contributed by atoms with van der Waals surface area (Å²) in [5.41, 5.74) is 0.764. The molecule has 0 aliphatic carbocycles. The van der Waals surface area contributed by atoms with Gasteiger partial charge in [0.1, 0.15) is 5.76 Å². The predicted molar refractivity (Wildman–Crippen MR) is 110 cm³/mol. The smallest absolute Gasteiger partial charge is 0.295 e. The quantitative estimate of drug-likeness (QED) is 0.346. The fraction of sp³-hybridized carbons (Fsp3) is 0.238. The molecule has 1 aliphatic heterocycles. The maximum Gasteiger partial charge on any atom is 0.295 e. The van der Waals surface area contributed by atoms with E-state index in [0.717, 1.165) is 4.47 Å². The summed E-state index contributed by atoms with van der Waals surface area (Å²) in [6, 6.07) is 10.2. The van der Waals surface area contributed by atoms with Gasteiger partial charge in [-0.2, -0.15) is 0 Å². The fourth-order valence-electron chi connectivity index (χ4n) is 3.30. The number of halogens is 1. The third kappa shape index (κ3) is 3.99. The van der Waals surface area contributed by atoms with E-state index in [1.54, 1.807) is 37.3 Å². The van der Waals surface area contributed by atoms with Crippen molar-refractivity contribution in [3.63, 3.8) is 0 Å². The summed E-state index contributed by atoms with van der Waals surface area (Å²) in [5, 5.41) is 30.2. The van der Waals surface area contributed by atoms with E-state index in [1.165, 1.54) is 17.0 Å². The molecule has 1 saturated heterocycles. The fourth-order valence-corrected chi connectivity index (χ4v) is 3.56. The maximum absolute atomic E-state index is 12.8. The Morgan fingerprint density at radius 3 is 2.48 bits per heavy atom. The molecule has 2 aromatic carbocycles. The van der Waals surface area contributed by atoms with Gasteiger partial charge in [0.05, 0.1) is 24.8 Å². The minimum Gasteiger partial charge on any atom is -0.507 e. The van der Waals surface area contributed by atoms with Gasteiger partial charge >= 0.3 is 0 Å². The monoisotopic (exact) mass is 461 g/mol. The number of ether oxygens (including phenoxy) is 1. The highest BCUT2D eigenvalue weighted by molar-refractivity contribution is 9.10.